The Balaban J connectivity index is 1.54. The normalized spacial score (nSPS) is 11.1. The van der Waals surface area contributed by atoms with E-state index in [9.17, 15) is 13.2 Å². The largest absolute Gasteiger partial charge is 0.455 e. The highest BCUT2D eigenvalue weighted by molar-refractivity contribution is 7.98. The lowest BCUT2D eigenvalue weighted by Gasteiger charge is -2.23. The lowest BCUT2D eigenvalue weighted by molar-refractivity contribution is 0.102. The molecule has 4 rings (SSSR count). The Labute approximate surface area is 226 Å². The summed E-state index contributed by atoms with van der Waals surface area (Å²) in [5.74, 6) is 0.676. The van der Waals surface area contributed by atoms with E-state index in [1.807, 2.05) is 36.6 Å². The van der Waals surface area contributed by atoms with Gasteiger partial charge in [-0.3, -0.25) is 9.10 Å². The van der Waals surface area contributed by atoms with Crippen molar-refractivity contribution < 1.29 is 17.9 Å². The fourth-order valence-electron chi connectivity index (χ4n) is 3.64. The number of sulfonamides is 1. The fourth-order valence-corrected chi connectivity index (χ4v) is 5.70. The van der Waals surface area contributed by atoms with Crippen LogP contribution in [0.4, 0.5) is 11.4 Å². The van der Waals surface area contributed by atoms with E-state index in [0.29, 0.717) is 33.5 Å². The quantitative estimate of drug-likeness (QED) is 0.220. The van der Waals surface area contributed by atoms with Gasteiger partial charge in [0.2, 0.25) is 0 Å². The molecule has 37 heavy (non-hydrogen) atoms. The van der Waals surface area contributed by atoms with E-state index in [1.54, 1.807) is 85.4 Å². The number of hydrogen-bond donors (Lipinski definition) is 1. The van der Waals surface area contributed by atoms with Gasteiger partial charge in [-0.1, -0.05) is 29.8 Å². The average molecular weight is 553 g/mol. The molecule has 0 atom stereocenters. The number of rotatable bonds is 9. The maximum atomic E-state index is 13.3. The first kappa shape index (κ1) is 26.6. The Kier molecular flexibility index (Phi) is 8.43. The summed E-state index contributed by atoms with van der Waals surface area (Å²) < 4.78 is 33.7. The average Bonchev–Trinajstić information content (AvgIpc) is 2.91. The monoisotopic (exact) mass is 552 g/mol. The van der Waals surface area contributed by atoms with Gasteiger partial charge in [0.15, 0.2) is 5.75 Å². The molecule has 0 spiro atoms. The smallest absolute Gasteiger partial charge is 0.264 e. The zero-order chi connectivity index (χ0) is 26.4. The SMILES string of the molecule is CCN(c1ccc(C(=O)Nc2cc(Cl)ccc2Oc2ccccc2)cc1)S(=O)(=O)c1ccc(SC)cc1. The number of halogens is 1. The molecule has 0 unspecified atom stereocenters. The summed E-state index contributed by atoms with van der Waals surface area (Å²) in [7, 11) is -3.76. The third kappa shape index (κ3) is 6.28. The number of thioether (sulfide) groups is 1. The molecular formula is C28H25ClN2O4S2. The molecule has 6 nitrogen and oxygen atoms in total. The van der Waals surface area contributed by atoms with Gasteiger partial charge < -0.3 is 10.1 Å². The molecule has 4 aromatic carbocycles. The number of para-hydroxylation sites is 1. The molecule has 0 saturated heterocycles. The van der Waals surface area contributed by atoms with Crippen LogP contribution in [0.25, 0.3) is 0 Å². The molecule has 1 N–H and O–H groups in total. The van der Waals surface area contributed by atoms with Gasteiger partial charge in [0.05, 0.1) is 16.3 Å². The first-order chi connectivity index (χ1) is 17.8. The van der Waals surface area contributed by atoms with Crippen LogP contribution >= 0.6 is 23.4 Å². The molecule has 0 saturated carbocycles. The Morgan fingerprint density at radius 1 is 0.946 bits per heavy atom. The van der Waals surface area contributed by atoms with Crippen LogP contribution in [0.5, 0.6) is 11.5 Å². The Morgan fingerprint density at radius 2 is 1.62 bits per heavy atom. The number of amides is 1. The maximum Gasteiger partial charge on any atom is 0.264 e. The van der Waals surface area contributed by atoms with E-state index in [1.165, 1.54) is 4.31 Å². The first-order valence-electron chi connectivity index (χ1n) is 11.4. The second kappa shape index (κ2) is 11.7. The van der Waals surface area contributed by atoms with Crippen molar-refractivity contribution in [3.05, 3.63) is 108 Å². The molecule has 0 aliphatic heterocycles. The third-order valence-corrected chi connectivity index (χ3v) is 8.41. The third-order valence-electron chi connectivity index (χ3n) is 5.51. The van der Waals surface area contributed by atoms with E-state index in [4.69, 9.17) is 16.3 Å². The number of carbonyl (C=O) groups excluding carboxylic acids is 1. The second-order valence-electron chi connectivity index (χ2n) is 7.90. The molecule has 190 valence electrons. The summed E-state index contributed by atoms with van der Waals surface area (Å²) in [6.45, 7) is 2.00. The van der Waals surface area contributed by atoms with Gasteiger partial charge in [0.1, 0.15) is 5.75 Å². The van der Waals surface area contributed by atoms with E-state index in [0.717, 1.165) is 4.90 Å². The van der Waals surface area contributed by atoms with Crippen LogP contribution in [0.2, 0.25) is 5.02 Å². The molecule has 0 bridgehead atoms. The summed E-state index contributed by atoms with van der Waals surface area (Å²) in [6.07, 6.45) is 1.93. The molecule has 0 radical (unpaired) electrons. The van der Waals surface area contributed by atoms with E-state index in [2.05, 4.69) is 5.32 Å². The van der Waals surface area contributed by atoms with Crippen molar-refractivity contribution in [2.75, 3.05) is 22.4 Å². The van der Waals surface area contributed by atoms with Crippen LogP contribution in [-0.2, 0) is 10.0 Å². The van der Waals surface area contributed by atoms with Crippen LogP contribution in [-0.4, -0.2) is 27.1 Å². The summed E-state index contributed by atoms with van der Waals surface area (Å²) in [6, 6.07) is 27.4. The molecule has 1 amide bonds. The zero-order valence-electron chi connectivity index (χ0n) is 20.2. The predicted octanol–water partition coefficient (Wildman–Crippen LogP) is 7.32. The van der Waals surface area contributed by atoms with Gasteiger partial charge in [-0.25, -0.2) is 8.42 Å². The zero-order valence-corrected chi connectivity index (χ0v) is 22.6. The summed E-state index contributed by atoms with van der Waals surface area (Å²) >= 11 is 7.70. The van der Waals surface area contributed by atoms with Crippen LogP contribution < -0.4 is 14.4 Å². The van der Waals surface area contributed by atoms with Crippen LogP contribution in [0.1, 0.15) is 17.3 Å². The highest BCUT2D eigenvalue weighted by Gasteiger charge is 2.24. The van der Waals surface area contributed by atoms with Gasteiger partial charge in [0, 0.05) is 22.0 Å². The molecule has 9 heteroatoms. The summed E-state index contributed by atoms with van der Waals surface area (Å²) in [4.78, 5) is 14.2. The molecule has 0 aliphatic rings. The van der Waals surface area contributed by atoms with Crippen molar-refractivity contribution in [1.29, 1.82) is 0 Å². The van der Waals surface area contributed by atoms with Crippen LogP contribution in [0, 0.1) is 0 Å². The number of benzene rings is 4. The van der Waals surface area contributed by atoms with Crippen molar-refractivity contribution in [3.8, 4) is 11.5 Å². The van der Waals surface area contributed by atoms with Crippen molar-refractivity contribution in [1.82, 2.24) is 0 Å². The topological polar surface area (TPSA) is 75.7 Å². The van der Waals surface area contributed by atoms with Crippen molar-refractivity contribution in [3.63, 3.8) is 0 Å². The highest BCUT2D eigenvalue weighted by Crippen LogP contribution is 2.33. The molecule has 0 heterocycles. The minimum Gasteiger partial charge on any atom is -0.455 e. The molecule has 0 aliphatic carbocycles. The van der Waals surface area contributed by atoms with Gasteiger partial charge in [0.25, 0.3) is 15.9 Å². The lowest BCUT2D eigenvalue weighted by Crippen LogP contribution is -2.30. The maximum absolute atomic E-state index is 13.3. The minimum atomic E-state index is -3.76. The Morgan fingerprint density at radius 3 is 2.24 bits per heavy atom. The Bertz CT molecular complexity index is 1480. The number of carbonyl (C=O) groups is 1. The van der Waals surface area contributed by atoms with Gasteiger partial charge >= 0.3 is 0 Å². The molecule has 4 aromatic rings. The minimum absolute atomic E-state index is 0.209. The highest BCUT2D eigenvalue weighted by atomic mass is 35.5. The number of hydrogen-bond acceptors (Lipinski definition) is 5. The van der Waals surface area contributed by atoms with Gasteiger partial charge in [-0.15, -0.1) is 11.8 Å². The standard InChI is InChI=1S/C28H25ClN2O4S2/c1-3-31(37(33,34)25-16-14-24(36-2)15-17-25)22-12-9-20(10-13-22)28(32)30-26-19-21(29)11-18-27(26)35-23-7-5-4-6-8-23/h4-19H,3H2,1-2H3,(H,30,32). The van der Waals surface area contributed by atoms with Crippen molar-refractivity contribution in [2.45, 2.75) is 16.7 Å². The Hall–Kier alpha value is -3.46. The van der Waals surface area contributed by atoms with Crippen molar-refractivity contribution in [2.24, 2.45) is 0 Å². The van der Waals surface area contributed by atoms with Gasteiger partial charge in [-0.05, 0) is 92.0 Å². The second-order valence-corrected chi connectivity index (χ2v) is 11.1. The lowest BCUT2D eigenvalue weighted by atomic mass is 10.2. The molecule has 0 aromatic heterocycles. The number of anilines is 2. The first-order valence-corrected chi connectivity index (χ1v) is 14.5. The molecular weight excluding hydrogens is 528 g/mol. The van der Waals surface area contributed by atoms with E-state index < -0.39 is 10.0 Å². The fraction of sp³-hybridized carbons (Fsp3) is 0.107. The van der Waals surface area contributed by atoms with Crippen LogP contribution in [0.3, 0.4) is 0 Å². The summed E-state index contributed by atoms with van der Waals surface area (Å²) in [5.41, 5.74) is 1.23. The number of nitrogens with zero attached hydrogens (tertiary/aromatic N) is 1. The predicted molar refractivity (Wildman–Crippen MR) is 151 cm³/mol. The summed E-state index contributed by atoms with van der Waals surface area (Å²) in [5, 5.41) is 3.28. The van der Waals surface area contributed by atoms with Crippen molar-refractivity contribution >= 4 is 50.7 Å². The van der Waals surface area contributed by atoms with Crippen LogP contribution in [0.15, 0.2) is 107 Å². The molecule has 0 fully saturated rings. The number of nitrogens with one attached hydrogen (secondary N) is 1. The number of ether oxygens (including phenoxy) is 1. The van der Waals surface area contributed by atoms with E-state index >= 15 is 0 Å². The van der Waals surface area contributed by atoms with Gasteiger partial charge in [-0.2, -0.15) is 0 Å². The van der Waals surface area contributed by atoms with E-state index in [-0.39, 0.29) is 17.3 Å².